The molecule has 0 saturated carbocycles. The third-order valence-electron chi connectivity index (χ3n) is 3.24. The van der Waals surface area contributed by atoms with E-state index in [2.05, 4.69) is 21.3 Å². The summed E-state index contributed by atoms with van der Waals surface area (Å²) in [4.78, 5) is 10.6. The minimum atomic E-state index is -1.66. The van der Waals surface area contributed by atoms with Crippen LogP contribution in [0.4, 0.5) is 5.69 Å². The zero-order chi connectivity index (χ0) is 17.9. The van der Waals surface area contributed by atoms with Crippen molar-refractivity contribution in [2.24, 2.45) is 4.99 Å². The van der Waals surface area contributed by atoms with E-state index in [1.165, 1.54) is 0 Å². The van der Waals surface area contributed by atoms with Crippen LogP contribution in [0.15, 0.2) is 17.1 Å². The van der Waals surface area contributed by atoms with Crippen LogP contribution in [0, 0.1) is 13.8 Å². The zero-order valence-corrected chi connectivity index (χ0v) is 16.8. The maximum Gasteiger partial charge on any atom is 0.298 e. The molecule has 130 valence electrons. The topological polar surface area (TPSA) is 50.6 Å². The molecule has 0 N–H and O–H groups in total. The van der Waals surface area contributed by atoms with Crippen LogP contribution in [-0.4, -0.2) is 34.2 Å². The quantitative estimate of drug-likeness (QED) is 0.379. The molecule has 0 atom stereocenters. The van der Waals surface area contributed by atoms with Crippen molar-refractivity contribution in [3.63, 3.8) is 0 Å². The Bertz CT molecular complexity index is 743. The minimum absolute atomic E-state index is 0.102. The molecule has 0 unspecified atom stereocenters. The van der Waals surface area contributed by atoms with Gasteiger partial charge in [-0.15, -0.1) is 0 Å². The maximum atomic E-state index is 5.77. The van der Waals surface area contributed by atoms with Gasteiger partial charge < -0.3 is 9.64 Å². The SMILES string of the molecule is CCN(C)/C=N\c1cc(C)c(Oc2nc(C(Cl)(Cl)Cl)ns2)cc1C. The Morgan fingerprint density at radius 2 is 2.00 bits per heavy atom. The second-order valence-corrected chi connectivity index (χ2v) is 8.20. The van der Waals surface area contributed by atoms with Crippen LogP contribution < -0.4 is 4.74 Å². The lowest BCUT2D eigenvalue weighted by Crippen LogP contribution is -2.14. The molecule has 0 bridgehead atoms. The average molecular weight is 408 g/mol. The number of aryl methyl sites for hydroxylation is 2. The minimum Gasteiger partial charge on any atom is -0.430 e. The van der Waals surface area contributed by atoms with Gasteiger partial charge in [0, 0.05) is 25.1 Å². The first-order valence-electron chi connectivity index (χ1n) is 7.15. The second kappa shape index (κ2) is 7.87. The van der Waals surface area contributed by atoms with Gasteiger partial charge in [0.1, 0.15) is 5.75 Å². The largest absolute Gasteiger partial charge is 0.430 e. The van der Waals surface area contributed by atoms with Gasteiger partial charge in [-0.1, -0.05) is 34.8 Å². The molecular formula is C15H17Cl3N4OS. The fourth-order valence-electron chi connectivity index (χ4n) is 1.73. The van der Waals surface area contributed by atoms with Crippen molar-refractivity contribution in [2.75, 3.05) is 13.6 Å². The molecule has 24 heavy (non-hydrogen) atoms. The Kier molecular flexibility index (Phi) is 6.31. The Balaban J connectivity index is 2.22. The third-order valence-corrected chi connectivity index (χ3v) is 4.35. The summed E-state index contributed by atoms with van der Waals surface area (Å²) < 4.78 is 8.11. The summed E-state index contributed by atoms with van der Waals surface area (Å²) >= 11 is 18.3. The van der Waals surface area contributed by atoms with Gasteiger partial charge in [0.15, 0.2) is 5.82 Å². The van der Waals surface area contributed by atoms with Crippen LogP contribution >= 0.6 is 46.3 Å². The summed E-state index contributed by atoms with van der Waals surface area (Å²) in [5.74, 6) is 0.771. The predicted octanol–water partition coefficient (Wildman–Crippen LogP) is 5.39. The summed E-state index contributed by atoms with van der Waals surface area (Å²) in [5.41, 5.74) is 2.80. The van der Waals surface area contributed by atoms with E-state index in [1.807, 2.05) is 37.9 Å². The van der Waals surface area contributed by atoms with E-state index in [-0.39, 0.29) is 5.82 Å². The summed E-state index contributed by atoms with van der Waals surface area (Å²) in [6, 6.07) is 3.87. The predicted molar refractivity (Wildman–Crippen MR) is 102 cm³/mol. The van der Waals surface area contributed by atoms with Crippen LogP contribution in [0.25, 0.3) is 0 Å². The van der Waals surface area contributed by atoms with Crippen molar-refractivity contribution < 1.29 is 4.74 Å². The Labute approximate surface area is 160 Å². The van der Waals surface area contributed by atoms with E-state index in [0.29, 0.717) is 10.9 Å². The highest BCUT2D eigenvalue weighted by molar-refractivity contribution is 7.07. The van der Waals surface area contributed by atoms with Crippen molar-refractivity contribution in [3.8, 4) is 10.9 Å². The van der Waals surface area contributed by atoms with Gasteiger partial charge in [0.25, 0.3) is 8.99 Å². The van der Waals surface area contributed by atoms with E-state index >= 15 is 0 Å². The lowest BCUT2D eigenvalue weighted by Gasteiger charge is -2.11. The van der Waals surface area contributed by atoms with Gasteiger partial charge in [0.05, 0.1) is 12.0 Å². The molecule has 0 aliphatic carbocycles. The number of nitrogens with zero attached hydrogens (tertiary/aromatic N) is 4. The highest BCUT2D eigenvalue weighted by Gasteiger charge is 2.29. The van der Waals surface area contributed by atoms with Crippen LogP contribution in [-0.2, 0) is 3.79 Å². The Morgan fingerprint density at radius 1 is 1.29 bits per heavy atom. The standard InChI is InChI=1S/C15H17Cl3N4OS/c1-5-22(4)8-19-11-6-10(3)12(7-9(11)2)23-14-20-13(21-24-14)15(16,17)18/h6-8H,5H2,1-4H3/b19-8-. The first-order valence-corrected chi connectivity index (χ1v) is 9.06. The molecule has 9 heteroatoms. The number of aromatic nitrogens is 2. The number of rotatable bonds is 5. The fourth-order valence-corrected chi connectivity index (χ4v) is 2.73. The van der Waals surface area contributed by atoms with Gasteiger partial charge in [-0.05, 0) is 44.0 Å². The van der Waals surface area contributed by atoms with Crippen LogP contribution in [0.1, 0.15) is 23.9 Å². The van der Waals surface area contributed by atoms with E-state index in [4.69, 9.17) is 39.5 Å². The molecule has 2 rings (SSSR count). The van der Waals surface area contributed by atoms with Crippen LogP contribution in [0.5, 0.6) is 10.9 Å². The number of alkyl halides is 3. The molecule has 0 radical (unpaired) electrons. The number of benzene rings is 1. The van der Waals surface area contributed by atoms with Crippen molar-refractivity contribution in [3.05, 3.63) is 29.1 Å². The Morgan fingerprint density at radius 3 is 2.58 bits per heavy atom. The number of halogens is 3. The molecule has 0 saturated heterocycles. The van der Waals surface area contributed by atoms with Crippen LogP contribution in [0.3, 0.4) is 0 Å². The molecule has 0 aliphatic heterocycles. The van der Waals surface area contributed by atoms with E-state index in [1.54, 1.807) is 6.34 Å². The molecule has 0 spiro atoms. The molecule has 0 amide bonds. The number of hydrogen-bond donors (Lipinski definition) is 0. The van der Waals surface area contributed by atoms with Crippen molar-refractivity contribution in [2.45, 2.75) is 24.6 Å². The van der Waals surface area contributed by atoms with Crippen LogP contribution in [0.2, 0.25) is 0 Å². The summed E-state index contributed by atoms with van der Waals surface area (Å²) in [7, 11) is 1.97. The van der Waals surface area contributed by atoms with Crippen molar-refractivity contribution >= 4 is 58.4 Å². The summed E-state index contributed by atoms with van der Waals surface area (Å²) in [5, 5.41) is 0.320. The fraction of sp³-hybridized carbons (Fsp3) is 0.400. The van der Waals surface area contributed by atoms with Gasteiger partial charge in [-0.3, -0.25) is 0 Å². The Hall–Kier alpha value is -1.08. The monoisotopic (exact) mass is 406 g/mol. The van der Waals surface area contributed by atoms with E-state index in [0.717, 1.165) is 34.9 Å². The first-order chi connectivity index (χ1) is 11.2. The smallest absolute Gasteiger partial charge is 0.298 e. The van der Waals surface area contributed by atoms with Crippen molar-refractivity contribution in [1.29, 1.82) is 0 Å². The second-order valence-electron chi connectivity index (χ2n) is 5.21. The molecule has 2 aromatic rings. The van der Waals surface area contributed by atoms with Gasteiger partial charge in [-0.25, -0.2) is 4.99 Å². The maximum absolute atomic E-state index is 5.77. The number of hydrogen-bond acceptors (Lipinski definition) is 5. The molecule has 1 aromatic heterocycles. The molecule has 1 heterocycles. The highest BCUT2D eigenvalue weighted by Crippen LogP contribution is 2.39. The molecule has 0 fully saturated rings. The number of ether oxygens (including phenoxy) is 1. The van der Waals surface area contributed by atoms with E-state index in [9.17, 15) is 0 Å². The van der Waals surface area contributed by atoms with Crippen molar-refractivity contribution in [1.82, 2.24) is 14.3 Å². The third kappa shape index (κ3) is 4.96. The molecule has 5 nitrogen and oxygen atoms in total. The molecule has 0 aliphatic rings. The highest BCUT2D eigenvalue weighted by atomic mass is 35.6. The summed E-state index contributed by atoms with van der Waals surface area (Å²) in [6.07, 6.45) is 1.81. The van der Waals surface area contributed by atoms with E-state index < -0.39 is 3.79 Å². The molecule has 1 aromatic carbocycles. The lowest BCUT2D eigenvalue weighted by molar-refractivity contribution is 0.473. The average Bonchev–Trinajstić information content (AvgIpc) is 2.97. The normalized spacial score (nSPS) is 12.0. The summed E-state index contributed by atoms with van der Waals surface area (Å²) in [6.45, 7) is 6.87. The zero-order valence-electron chi connectivity index (χ0n) is 13.7. The van der Waals surface area contributed by atoms with Gasteiger partial charge in [0.2, 0.25) is 0 Å². The van der Waals surface area contributed by atoms with Gasteiger partial charge in [-0.2, -0.15) is 9.36 Å². The van der Waals surface area contributed by atoms with Gasteiger partial charge >= 0.3 is 0 Å². The molecular weight excluding hydrogens is 391 g/mol. The first kappa shape index (κ1) is 19.2. The number of aliphatic imine (C=N–C) groups is 1. The lowest BCUT2D eigenvalue weighted by atomic mass is 10.1.